The topological polar surface area (TPSA) is 32.3 Å². The molecule has 0 bridgehead atoms. The predicted octanol–water partition coefficient (Wildman–Crippen LogP) is 1.41. The average Bonchev–Trinajstić information content (AvgIpc) is 2.56. The lowest BCUT2D eigenvalue weighted by Gasteiger charge is -2.26. The molecule has 1 aliphatic heterocycles. The Labute approximate surface area is 92.5 Å². The third-order valence-corrected chi connectivity index (χ3v) is 2.97. The smallest absolute Gasteiger partial charge is 0.240 e. The lowest BCUT2D eigenvalue weighted by Crippen LogP contribution is -2.41. The zero-order valence-corrected chi connectivity index (χ0v) is 9.99. The van der Waals surface area contributed by atoms with Crippen molar-refractivity contribution in [3.8, 4) is 0 Å². The van der Waals surface area contributed by atoms with Crippen molar-refractivity contribution in [2.75, 3.05) is 13.6 Å². The number of hydrogen-bond donors (Lipinski definition) is 1. The molecule has 0 aromatic carbocycles. The molecule has 1 rings (SSSR count). The first-order chi connectivity index (χ1) is 7.10. The molecule has 0 spiro atoms. The van der Waals surface area contributed by atoms with Gasteiger partial charge in [-0.05, 0) is 25.8 Å². The number of nitrogens with one attached hydrogen (secondary N) is 1. The van der Waals surface area contributed by atoms with Gasteiger partial charge in [0.05, 0.1) is 6.04 Å². The first-order valence-corrected chi connectivity index (χ1v) is 5.70. The Kier molecular flexibility index (Phi) is 4.33. The Bertz CT molecular complexity index is 238. The van der Waals surface area contributed by atoms with Crippen LogP contribution in [-0.2, 0) is 4.79 Å². The van der Waals surface area contributed by atoms with Gasteiger partial charge >= 0.3 is 0 Å². The van der Waals surface area contributed by atoms with E-state index in [2.05, 4.69) is 25.7 Å². The molecule has 0 aliphatic carbocycles. The maximum Gasteiger partial charge on any atom is 0.240 e. The van der Waals surface area contributed by atoms with Crippen LogP contribution in [0.2, 0.25) is 0 Å². The van der Waals surface area contributed by atoms with Crippen molar-refractivity contribution >= 4 is 5.91 Å². The second-order valence-electron chi connectivity index (χ2n) is 4.59. The van der Waals surface area contributed by atoms with Crippen LogP contribution < -0.4 is 5.32 Å². The quantitative estimate of drug-likeness (QED) is 0.696. The highest BCUT2D eigenvalue weighted by Gasteiger charge is 2.33. The van der Waals surface area contributed by atoms with Crippen molar-refractivity contribution in [3.05, 3.63) is 12.7 Å². The summed E-state index contributed by atoms with van der Waals surface area (Å²) in [5.41, 5.74) is 0. The van der Waals surface area contributed by atoms with Gasteiger partial charge < -0.3 is 10.2 Å². The van der Waals surface area contributed by atoms with Crippen LogP contribution in [0.15, 0.2) is 12.7 Å². The molecule has 15 heavy (non-hydrogen) atoms. The third kappa shape index (κ3) is 2.81. The molecule has 1 fully saturated rings. The van der Waals surface area contributed by atoms with Crippen molar-refractivity contribution in [3.63, 3.8) is 0 Å². The Hall–Kier alpha value is -0.830. The Balaban J connectivity index is 2.62. The summed E-state index contributed by atoms with van der Waals surface area (Å²) < 4.78 is 0. The van der Waals surface area contributed by atoms with E-state index in [0.29, 0.717) is 5.92 Å². The standard InChI is InChI=1S/C12H22N2O/c1-5-10(8-9(2)3)14-7-6-11(13-4)12(14)15/h5,9-11,13H,1,6-8H2,2-4H3. The third-order valence-electron chi connectivity index (χ3n) is 2.97. The molecule has 0 aromatic heterocycles. The van der Waals surface area contributed by atoms with Crippen LogP contribution in [0.25, 0.3) is 0 Å². The molecule has 3 nitrogen and oxygen atoms in total. The van der Waals surface area contributed by atoms with Crippen molar-refractivity contribution in [1.29, 1.82) is 0 Å². The maximum absolute atomic E-state index is 11.9. The zero-order chi connectivity index (χ0) is 11.4. The molecule has 2 atom stereocenters. The second-order valence-corrected chi connectivity index (χ2v) is 4.59. The summed E-state index contributed by atoms with van der Waals surface area (Å²) in [6, 6.07) is 0.218. The fourth-order valence-corrected chi connectivity index (χ4v) is 2.13. The van der Waals surface area contributed by atoms with Gasteiger partial charge in [0.1, 0.15) is 0 Å². The average molecular weight is 210 g/mol. The van der Waals surface area contributed by atoms with E-state index in [1.165, 1.54) is 0 Å². The number of hydrogen-bond acceptors (Lipinski definition) is 2. The molecular formula is C12H22N2O. The highest BCUT2D eigenvalue weighted by molar-refractivity contribution is 5.84. The fraction of sp³-hybridized carbons (Fsp3) is 0.750. The maximum atomic E-state index is 11.9. The summed E-state index contributed by atoms with van der Waals surface area (Å²) in [6.45, 7) is 9.03. The van der Waals surface area contributed by atoms with E-state index in [1.807, 2.05) is 18.0 Å². The number of amides is 1. The van der Waals surface area contributed by atoms with Gasteiger partial charge in [-0.3, -0.25) is 4.79 Å². The van der Waals surface area contributed by atoms with Gasteiger partial charge in [-0.2, -0.15) is 0 Å². The van der Waals surface area contributed by atoms with E-state index >= 15 is 0 Å². The van der Waals surface area contributed by atoms with Gasteiger partial charge in [-0.1, -0.05) is 19.9 Å². The lowest BCUT2D eigenvalue weighted by atomic mass is 10.0. The largest absolute Gasteiger partial charge is 0.335 e. The molecule has 1 N–H and O–H groups in total. The molecule has 0 aromatic rings. The van der Waals surface area contributed by atoms with E-state index in [4.69, 9.17) is 0 Å². The summed E-state index contributed by atoms with van der Waals surface area (Å²) in [6.07, 6.45) is 3.82. The first-order valence-electron chi connectivity index (χ1n) is 5.70. The van der Waals surface area contributed by atoms with Gasteiger partial charge in [0.15, 0.2) is 0 Å². The zero-order valence-electron chi connectivity index (χ0n) is 9.99. The Morgan fingerprint density at radius 2 is 2.33 bits per heavy atom. The first kappa shape index (κ1) is 12.2. The lowest BCUT2D eigenvalue weighted by molar-refractivity contribution is -0.130. The molecule has 1 heterocycles. The number of rotatable bonds is 5. The number of likely N-dealkylation sites (tertiary alicyclic amines) is 1. The normalized spacial score (nSPS) is 23.6. The van der Waals surface area contributed by atoms with Crippen LogP contribution in [0.4, 0.5) is 0 Å². The van der Waals surface area contributed by atoms with Crippen molar-refractivity contribution < 1.29 is 4.79 Å². The van der Waals surface area contributed by atoms with Gasteiger partial charge in [0, 0.05) is 12.6 Å². The molecule has 2 unspecified atom stereocenters. The van der Waals surface area contributed by atoms with E-state index < -0.39 is 0 Å². The van der Waals surface area contributed by atoms with Crippen molar-refractivity contribution in [2.24, 2.45) is 5.92 Å². The SMILES string of the molecule is C=CC(CC(C)C)N1CCC(NC)C1=O. The molecule has 86 valence electrons. The summed E-state index contributed by atoms with van der Waals surface area (Å²) in [7, 11) is 1.84. The minimum atomic E-state index is 0.0135. The van der Waals surface area contributed by atoms with Gasteiger partial charge in [0.2, 0.25) is 5.91 Å². The van der Waals surface area contributed by atoms with E-state index in [0.717, 1.165) is 19.4 Å². The summed E-state index contributed by atoms with van der Waals surface area (Å²) in [5, 5.41) is 3.05. The predicted molar refractivity (Wildman–Crippen MR) is 62.6 cm³/mol. The van der Waals surface area contributed by atoms with Gasteiger partial charge in [-0.25, -0.2) is 0 Å². The minimum Gasteiger partial charge on any atom is -0.335 e. The molecule has 0 saturated carbocycles. The van der Waals surface area contributed by atoms with Crippen LogP contribution >= 0.6 is 0 Å². The summed E-state index contributed by atoms with van der Waals surface area (Å²) >= 11 is 0. The summed E-state index contributed by atoms with van der Waals surface area (Å²) in [5.74, 6) is 0.817. The Morgan fingerprint density at radius 1 is 1.67 bits per heavy atom. The fourth-order valence-electron chi connectivity index (χ4n) is 2.13. The van der Waals surface area contributed by atoms with Crippen LogP contribution in [-0.4, -0.2) is 36.5 Å². The van der Waals surface area contributed by atoms with E-state index in [9.17, 15) is 4.79 Å². The number of carbonyl (C=O) groups excluding carboxylic acids is 1. The van der Waals surface area contributed by atoms with Crippen LogP contribution in [0.5, 0.6) is 0 Å². The second kappa shape index (κ2) is 5.31. The van der Waals surface area contributed by atoms with Crippen molar-refractivity contribution in [1.82, 2.24) is 10.2 Å². The van der Waals surface area contributed by atoms with Crippen LogP contribution in [0.1, 0.15) is 26.7 Å². The number of nitrogens with zero attached hydrogens (tertiary/aromatic N) is 1. The highest BCUT2D eigenvalue weighted by Crippen LogP contribution is 2.19. The van der Waals surface area contributed by atoms with Gasteiger partial charge in [-0.15, -0.1) is 6.58 Å². The van der Waals surface area contributed by atoms with Crippen LogP contribution in [0.3, 0.4) is 0 Å². The molecule has 0 radical (unpaired) electrons. The Morgan fingerprint density at radius 3 is 2.73 bits per heavy atom. The number of carbonyl (C=O) groups is 1. The molecule has 1 amide bonds. The summed E-state index contributed by atoms with van der Waals surface area (Å²) in [4.78, 5) is 13.9. The monoisotopic (exact) mass is 210 g/mol. The number of likely N-dealkylation sites (N-methyl/N-ethyl adjacent to an activating group) is 1. The van der Waals surface area contributed by atoms with Gasteiger partial charge in [0.25, 0.3) is 0 Å². The molecule has 3 heteroatoms. The highest BCUT2D eigenvalue weighted by atomic mass is 16.2. The van der Waals surface area contributed by atoms with Crippen molar-refractivity contribution in [2.45, 2.75) is 38.8 Å². The van der Waals surface area contributed by atoms with E-state index in [1.54, 1.807) is 0 Å². The molecule has 1 aliphatic rings. The molecule has 1 saturated heterocycles. The minimum absolute atomic E-state index is 0.0135. The molecular weight excluding hydrogens is 188 g/mol. The van der Waals surface area contributed by atoms with Crippen LogP contribution in [0, 0.1) is 5.92 Å². The van der Waals surface area contributed by atoms with E-state index in [-0.39, 0.29) is 18.0 Å².